The second kappa shape index (κ2) is 10.3. The molecular weight excluding hydrogens is 407 g/mol. The maximum absolute atomic E-state index is 5.37. The number of guanidine groups is 1. The lowest BCUT2D eigenvalue weighted by Gasteiger charge is -2.11. The molecule has 2 N–H and O–H groups in total. The van der Waals surface area contributed by atoms with Gasteiger partial charge in [0.2, 0.25) is 0 Å². The SMILES string of the molecule is CCc1noc(CC)c1CNC(=NC)NCCc1ccco1.I. The van der Waals surface area contributed by atoms with Gasteiger partial charge in [0.1, 0.15) is 11.5 Å². The van der Waals surface area contributed by atoms with E-state index >= 15 is 0 Å². The summed E-state index contributed by atoms with van der Waals surface area (Å²) in [6, 6.07) is 3.86. The van der Waals surface area contributed by atoms with Crippen LogP contribution in [-0.4, -0.2) is 24.7 Å². The summed E-state index contributed by atoms with van der Waals surface area (Å²) in [6.07, 6.45) is 4.22. The highest BCUT2D eigenvalue weighted by molar-refractivity contribution is 14.0. The van der Waals surface area contributed by atoms with Crippen LogP contribution in [0.4, 0.5) is 0 Å². The van der Waals surface area contributed by atoms with Crippen LogP contribution in [0.3, 0.4) is 0 Å². The molecule has 0 amide bonds. The molecule has 0 bridgehead atoms. The molecule has 0 aliphatic carbocycles. The molecule has 23 heavy (non-hydrogen) atoms. The zero-order valence-corrected chi connectivity index (χ0v) is 16.2. The summed E-state index contributed by atoms with van der Waals surface area (Å²) < 4.78 is 10.7. The van der Waals surface area contributed by atoms with Crippen LogP contribution in [0, 0.1) is 0 Å². The number of aromatic nitrogens is 1. The summed E-state index contributed by atoms with van der Waals surface area (Å²) in [4.78, 5) is 4.23. The molecule has 0 aliphatic heterocycles. The molecule has 2 aromatic rings. The number of hydrogen-bond donors (Lipinski definition) is 2. The predicted octanol–water partition coefficient (Wildman–Crippen LogP) is 2.92. The van der Waals surface area contributed by atoms with E-state index < -0.39 is 0 Å². The number of aliphatic imine (C=N–C) groups is 1. The topological polar surface area (TPSA) is 75.6 Å². The third-order valence-electron chi connectivity index (χ3n) is 3.51. The van der Waals surface area contributed by atoms with Crippen molar-refractivity contribution in [3.05, 3.63) is 41.2 Å². The fourth-order valence-corrected chi connectivity index (χ4v) is 2.29. The Labute approximate surface area is 154 Å². The van der Waals surface area contributed by atoms with Gasteiger partial charge in [-0.1, -0.05) is 19.0 Å². The summed E-state index contributed by atoms with van der Waals surface area (Å²) in [7, 11) is 1.76. The van der Waals surface area contributed by atoms with Crippen molar-refractivity contribution in [3.8, 4) is 0 Å². The van der Waals surface area contributed by atoms with Gasteiger partial charge in [0.25, 0.3) is 0 Å². The summed E-state index contributed by atoms with van der Waals surface area (Å²) in [5.41, 5.74) is 2.15. The van der Waals surface area contributed by atoms with E-state index in [1.54, 1.807) is 13.3 Å². The lowest BCUT2D eigenvalue weighted by molar-refractivity contribution is 0.380. The van der Waals surface area contributed by atoms with Crippen molar-refractivity contribution >= 4 is 29.9 Å². The Bertz CT molecular complexity index is 572. The highest BCUT2D eigenvalue weighted by Gasteiger charge is 2.13. The van der Waals surface area contributed by atoms with E-state index in [0.29, 0.717) is 6.54 Å². The van der Waals surface area contributed by atoms with Gasteiger partial charge < -0.3 is 19.6 Å². The van der Waals surface area contributed by atoms with Crippen molar-refractivity contribution in [1.82, 2.24) is 15.8 Å². The quantitative estimate of drug-likeness (QED) is 0.400. The van der Waals surface area contributed by atoms with Crippen LogP contribution in [-0.2, 0) is 25.8 Å². The summed E-state index contributed by atoms with van der Waals surface area (Å²) >= 11 is 0. The van der Waals surface area contributed by atoms with Crippen molar-refractivity contribution in [3.63, 3.8) is 0 Å². The van der Waals surface area contributed by atoms with Crippen molar-refractivity contribution in [2.24, 2.45) is 4.99 Å². The van der Waals surface area contributed by atoms with Crippen LogP contribution < -0.4 is 10.6 Å². The summed E-state index contributed by atoms with van der Waals surface area (Å²) in [5, 5.41) is 10.7. The first-order chi connectivity index (χ1) is 10.8. The molecule has 128 valence electrons. The first-order valence-corrected chi connectivity index (χ1v) is 7.71. The third kappa shape index (κ3) is 5.56. The van der Waals surface area contributed by atoms with Crippen molar-refractivity contribution in [1.29, 1.82) is 0 Å². The van der Waals surface area contributed by atoms with Crippen LogP contribution in [0.5, 0.6) is 0 Å². The standard InChI is InChI=1S/C16H24N4O2.HI/c1-4-14-13(15(5-2)22-20-14)11-19-16(17-3)18-9-8-12-7-6-10-21-12;/h6-7,10H,4-5,8-9,11H2,1-3H3,(H2,17,18,19);1H. The summed E-state index contributed by atoms with van der Waals surface area (Å²) in [5.74, 6) is 2.66. The Morgan fingerprint density at radius 1 is 1.26 bits per heavy atom. The molecule has 0 radical (unpaired) electrons. The molecule has 0 atom stereocenters. The zero-order valence-electron chi connectivity index (χ0n) is 13.9. The first-order valence-electron chi connectivity index (χ1n) is 7.71. The van der Waals surface area contributed by atoms with Gasteiger partial charge in [-0.2, -0.15) is 0 Å². The maximum Gasteiger partial charge on any atom is 0.191 e. The fraction of sp³-hybridized carbons (Fsp3) is 0.500. The van der Waals surface area contributed by atoms with E-state index in [1.807, 2.05) is 12.1 Å². The Kier molecular flexibility index (Phi) is 8.75. The largest absolute Gasteiger partial charge is 0.469 e. The van der Waals surface area contributed by atoms with Crippen molar-refractivity contribution in [2.75, 3.05) is 13.6 Å². The number of rotatable bonds is 7. The minimum absolute atomic E-state index is 0. The highest BCUT2D eigenvalue weighted by atomic mass is 127. The van der Waals surface area contributed by atoms with E-state index in [1.165, 1.54) is 0 Å². The first kappa shape index (κ1) is 19.5. The minimum Gasteiger partial charge on any atom is -0.469 e. The Balaban J connectivity index is 0.00000264. The molecule has 0 unspecified atom stereocenters. The molecule has 0 aromatic carbocycles. The molecular formula is C16H25IN4O2. The number of aryl methyl sites for hydroxylation is 2. The van der Waals surface area contributed by atoms with Gasteiger partial charge >= 0.3 is 0 Å². The lowest BCUT2D eigenvalue weighted by atomic mass is 10.1. The zero-order chi connectivity index (χ0) is 15.8. The van der Waals surface area contributed by atoms with Crippen LogP contribution >= 0.6 is 24.0 Å². The third-order valence-corrected chi connectivity index (χ3v) is 3.51. The monoisotopic (exact) mass is 432 g/mol. The van der Waals surface area contributed by atoms with E-state index in [-0.39, 0.29) is 24.0 Å². The number of nitrogens with zero attached hydrogens (tertiary/aromatic N) is 2. The molecule has 0 saturated carbocycles. The maximum atomic E-state index is 5.37. The van der Waals surface area contributed by atoms with E-state index in [0.717, 1.165) is 54.5 Å². The van der Waals surface area contributed by atoms with Crippen LogP contribution in [0.1, 0.15) is 36.6 Å². The van der Waals surface area contributed by atoms with Crippen LogP contribution in [0.25, 0.3) is 0 Å². The lowest BCUT2D eigenvalue weighted by Crippen LogP contribution is -2.38. The van der Waals surface area contributed by atoms with Crippen molar-refractivity contribution in [2.45, 2.75) is 39.7 Å². The molecule has 2 rings (SSSR count). The van der Waals surface area contributed by atoms with Gasteiger partial charge in [-0.25, -0.2) is 0 Å². The molecule has 7 heteroatoms. The van der Waals surface area contributed by atoms with Gasteiger partial charge in [0.05, 0.1) is 12.0 Å². The predicted molar refractivity (Wildman–Crippen MR) is 101 cm³/mol. The van der Waals surface area contributed by atoms with Crippen LogP contribution in [0.2, 0.25) is 0 Å². The van der Waals surface area contributed by atoms with E-state index in [2.05, 4.69) is 34.6 Å². The number of hydrogen-bond acceptors (Lipinski definition) is 4. The van der Waals surface area contributed by atoms with E-state index in [4.69, 9.17) is 8.94 Å². The molecule has 0 fully saturated rings. The molecule has 6 nitrogen and oxygen atoms in total. The molecule has 0 spiro atoms. The Morgan fingerprint density at radius 3 is 2.70 bits per heavy atom. The normalized spacial score (nSPS) is 11.2. The summed E-state index contributed by atoms with van der Waals surface area (Å²) in [6.45, 7) is 5.57. The molecule has 0 saturated heterocycles. The fourth-order valence-electron chi connectivity index (χ4n) is 2.29. The van der Waals surface area contributed by atoms with Gasteiger partial charge in [-0.3, -0.25) is 4.99 Å². The Morgan fingerprint density at radius 2 is 2.09 bits per heavy atom. The molecule has 0 aliphatic rings. The number of halogens is 1. The van der Waals surface area contributed by atoms with Crippen LogP contribution in [0.15, 0.2) is 32.3 Å². The average molecular weight is 432 g/mol. The second-order valence-corrected chi connectivity index (χ2v) is 4.92. The van der Waals surface area contributed by atoms with E-state index in [9.17, 15) is 0 Å². The van der Waals surface area contributed by atoms with Gasteiger partial charge in [-0.15, -0.1) is 24.0 Å². The number of furan rings is 1. The Hall–Kier alpha value is -1.51. The van der Waals surface area contributed by atoms with Gasteiger partial charge in [0.15, 0.2) is 5.96 Å². The van der Waals surface area contributed by atoms with Gasteiger partial charge in [-0.05, 0) is 18.6 Å². The second-order valence-electron chi connectivity index (χ2n) is 4.92. The minimum atomic E-state index is 0. The van der Waals surface area contributed by atoms with Crippen molar-refractivity contribution < 1.29 is 8.94 Å². The smallest absolute Gasteiger partial charge is 0.191 e. The molecule has 2 heterocycles. The van der Waals surface area contributed by atoms with Gasteiger partial charge in [0, 0.05) is 38.5 Å². The number of nitrogens with one attached hydrogen (secondary N) is 2. The molecule has 2 aromatic heterocycles. The average Bonchev–Trinajstić information content (AvgIpc) is 3.19. The highest BCUT2D eigenvalue weighted by Crippen LogP contribution is 2.15.